The van der Waals surface area contributed by atoms with Crippen molar-refractivity contribution in [2.24, 2.45) is 0 Å². The third-order valence-corrected chi connectivity index (χ3v) is 3.84. The van der Waals surface area contributed by atoms with E-state index in [0.717, 1.165) is 24.3 Å². The van der Waals surface area contributed by atoms with E-state index in [4.69, 9.17) is 4.98 Å². The number of likely N-dealkylation sites (tertiary alicyclic amines) is 1. The number of aromatic nitrogens is 3. The highest BCUT2D eigenvalue weighted by atomic mass is 15.2. The highest BCUT2D eigenvalue weighted by Crippen LogP contribution is 2.27. The quantitative estimate of drug-likeness (QED) is 0.812. The van der Waals surface area contributed by atoms with Gasteiger partial charge in [-0.3, -0.25) is 0 Å². The van der Waals surface area contributed by atoms with E-state index < -0.39 is 0 Å². The first-order valence-electron chi connectivity index (χ1n) is 6.79. The van der Waals surface area contributed by atoms with Gasteiger partial charge in [0.1, 0.15) is 11.3 Å². The van der Waals surface area contributed by atoms with E-state index in [1.54, 1.807) is 0 Å². The van der Waals surface area contributed by atoms with Gasteiger partial charge in [-0.2, -0.15) is 0 Å². The maximum Gasteiger partial charge on any atom is 0.159 e. The first-order valence-corrected chi connectivity index (χ1v) is 6.79. The first kappa shape index (κ1) is 11.7. The van der Waals surface area contributed by atoms with Crippen molar-refractivity contribution >= 4 is 11.2 Å². The minimum absolute atomic E-state index is 0.554. The summed E-state index contributed by atoms with van der Waals surface area (Å²) >= 11 is 0. The maximum atomic E-state index is 4.82. The molecule has 3 heterocycles. The van der Waals surface area contributed by atoms with Crippen molar-refractivity contribution < 1.29 is 0 Å². The van der Waals surface area contributed by atoms with Crippen LogP contribution in [0.5, 0.6) is 0 Å². The molecule has 0 amide bonds. The van der Waals surface area contributed by atoms with E-state index in [-0.39, 0.29) is 0 Å². The van der Waals surface area contributed by atoms with Crippen LogP contribution in [0, 0.1) is 0 Å². The molecule has 0 N–H and O–H groups in total. The Bertz CT molecular complexity index is 546. The van der Waals surface area contributed by atoms with E-state index in [9.17, 15) is 0 Å². The Balaban J connectivity index is 2.05. The summed E-state index contributed by atoms with van der Waals surface area (Å²) in [5.41, 5.74) is 2.06. The number of likely N-dealkylation sites (N-methyl/N-ethyl adjacent to an activating group) is 1. The Labute approximate surface area is 108 Å². The zero-order valence-electron chi connectivity index (χ0n) is 11.1. The van der Waals surface area contributed by atoms with Crippen LogP contribution in [-0.4, -0.2) is 39.6 Å². The Morgan fingerprint density at radius 2 is 2.33 bits per heavy atom. The molecule has 18 heavy (non-hydrogen) atoms. The van der Waals surface area contributed by atoms with E-state index in [2.05, 4.69) is 34.5 Å². The van der Waals surface area contributed by atoms with Crippen molar-refractivity contribution in [3.63, 3.8) is 0 Å². The fourth-order valence-corrected chi connectivity index (χ4v) is 2.98. The molecule has 1 saturated heterocycles. The number of imidazole rings is 1. The van der Waals surface area contributed by atoms with Crippen LogP contribution in [0.3, 0.4) is 0 Å². The fraction of sp³-hybridized carbons (Fsp3) is 0.571. The van der Waals surface area contributed by atoms with Gasteiger partial charge < -0.3 is 9.47 Å². The number of rotatable bonds is 2. The Morgan fingerprint density at radius 1 is 1.44 bits per heavy atom. The van der Waals surface area contributed by atoms with Crippen molar-refractivity contribution in [1.29, 1.82) is 0 Å². The summed E-state index contributed by atoms with van der Waals surface area (Å²) < 4.78 is 2.28. The molecule has 2 aromatic heterocycles. The topological polar surface area (TPSA) is 34.0 Å². The van der Waals surface area contributed by atoms with Crippen LogP contribution in [0.1, 0.15) is 31.5 Å². The number of hydrogen-bond donors (Lipinski definition) is 0. The van der Waals surface area contributed by atoms with Gasteiger partial charge in [-0.15, -0.1) is 0 Å². The highest BCUT2D eigenvalue weighted by molar-refractivity contribution is 5.71. The summed E-state index contributed by atoms with van der Waals surface area (Å²) in [4.78, 5) is 11.7. The minimum Gasteiger partial charge on any atom is -0.313 e. The lowest BCUT2D eigenvalue weighted by Gasteiger charge is -2.29. The molecule has 4 heteroatoms. The summed E-state index contributed by atoms with van der Waals surface area (Å²) in [6, 6.07) is 4.02. The van der Waals surface area contributed by atoms with E-state index in [1.165, 1.54) is 25.2 Å². The summed E-state index contributed by atoms with van der Waals surface area (Å²) in [7, 11) is 2.20. The molecule has 0 bridgehead atoms. The molecule has 0 aliphatic carbocycles. The summed E-state index contributed by atoms with van der Waals surface area (Å²) in [6.07, 6.45) is 4.36. The normalized spacial score (nSPS) is 21.6. The summed E-state index contributed by atoms with van der Waals surface area (Å²) in [5.74, 6) is 1.77. The Kier molecular flexibility index (Phi) is 3.04. The molecular weight excluding hydrogens is 224 g/mol. The molecule has 4 nitrogen and oxygen atoms in total. The van der Waals surface area contributed by atoms with Crippen LogP contribution < -0.4 is 0 Å². The van der Waals surface area contributed by atoms with Crippen LogP contribution in [0.4, 0.5) is 0 Å². The molecule has 0 aromatic carbocycles. The molecule has 1 unspecified atom stereocenters. The monoisotopic (exact) mass is 244 g/mol. The van der Waals surface area contributed by atoms with Gasteiger partial charge in [0.2, 0.25) is 0 Å². The lowest BCUT2D eigenvalue weighted by atomic mass is 9.97. The van der Waals surface area contributed by atoms with Crippen LogP contribution >= 0.6 is 0 Å². The molecule has 1 atom stereocenters. The molecular formula is C14H20N4. The number of piperidine rings is 1. The second-order valence-electron chi connectivity index (χ2n) is 5.16. The summed E-state index contributed by atoms with van der Waals surface area (Å²) in [5, 5.41) is 0. The number of nitrogens with zero attached hydrogens (tertiary/aromatic N) is 4. The molecule has 1 aliphatic heterocycles. The van der Waals surface area contributed by atoms with Gasteiger partial charge in [0.05, 0.1) is 0 Å². The third kappa shape index (κ3) is 1.90. The minimum atomic E-state index is 0.554. The molecule has 96 valence electrons. The number of hydrogen-bond acceptors (Lipinski definition) is 3. The first-order chi connectivity index (χ1) is 8.79. The average molecular weight is 244 g/mol. The second-order valence-corrected chi connectivity index (χ2v) is 5.16. The van der Waals surface area contributed by atoms with Gasteiger partial charge >= 0.3 is 0 Å². The Hall–Kier alpha value is -1.42. The lowest BCUT2D eigenvalue weighted by Crippen LogP contribution is -2.32. The van der Waals surface area contributed by atoms with Gasteiger partial charge in [-0.1, -0.05) is 0 Å². The fourth-order valence-electron chi connectivity index (χ4n) is 2.98. The lowest BCUT2D eigenvalue weighted by molar-refractivity contribution is 0.243. The van der Waals surface area contributed by atoms with Gasteiger partial charge in [0.25, 0.3) is 0 Å². The smallest absolute Gasteiger partial charge is 0.159 e. The summed E-state index contributed by atoms with van der Waals surface area (Å²) in [6.45, 7) is 5.44. The molecule has 1 fully saturated rings. The highest BCUT2D eigenvalue weighted by Gasteiger charge is 2.24. The predicted molar refractivity (Wildman–Crippen MR) is 72.7 cm³/mol. The zero-order chi connectivity index (χ0) is 12.5. The van der Waals surface area contributed by atoms with Crippen molar-refractivity contribution in [2.75, 3.05) is 20.1 Å². The maximum absolute atomic E-state index is 4.82. The standard InChI is InChI=1S/C14H20N4/c1-3-18-13(11-6-5-9-17(2)10-11)16-12-7-4-8-15-14(12)18/h4,7-8,11H,3,5-6,9-10H2,1-2H3. The van der Waals surface area contributed by atoms with Crippen molar-refractivity contribution in [3.05, 3.63) is 24.2 Å². The molecule has 2 aromatic rings. The number of fused-ring (bicyclic) bond motifs is 1. The van der Waals surface area contributed by atoms with Crippen molar-refractivity contribution in [2.45, 2.75) is 32.2 Å². The zero-order valence-corrected chi connectivity index (χ0v) is 11.1. The van der Waals surface area contributed by atoms with Gasteiger partial charge in [0, 0.05) is 25.2 Å². The molecule has 1 aliphatic rings. The second kappa shape index (κ2) is 4.69. The molecule has 0 spiro atoms. The predicted octanol–water partition coefficient (Wildman–Crippen LogP) is 2.26. The van der Waals surface area contributed by atoms with Crippen molar-refractivity contribution in [1.82, 2.24) is 19.4 Å². The SMILES string of the molecule is CCn1c(C2CCCN(C)C2)nc2cccnc21. The van der Waals surface area contributed by atoms with Gasteiger partial charge in [-0.05, 0) is 45.5 Å². The van der Waals surface area contributed by atoms with E-state index in [1.807, 2.05) is 12.3 Å². The molecule has 0 saturated carbocycles. The largest absolute Gasteiger partial charge is 0.313 e. The third-order valence-electron chi connectivity index (χ3n) is 3.84. The van der Waals surface area contributed by atoms with E-state index >= 15 is 0 Å². The van der Waals surface area contributed by atoms with Gasteiger partial charge in [0.15, 0.2) is 5.65 Å². The van der Waals surface area contributed by atoms with Crippen LogP contribution in [0.25, 0.3) is 11.2 Å². The number of pyridine rings is 1. The van der Waals surface area contributed by atoms with Gasteiger partial charge in [-0.25, -0.2) is 9.97 Å². The van der Waals surface area contributed by atoms with Crippen LogP contribution in [-0.2, 0) is 6.54 Å². The van der Waals surface area contributed by atoms with Crippen LogP contribution in [0.2, 0.25) is 0 Å². The van der Waals surface area contributed by atoms with Crippen molar-refractivity contribution in [3.8, 4) is 0 Å². The Morgan fingerprint density at radius 3 is 3.11 bits per heavy atom. The van der Waals surface area contributed by atoms with Crippen LogP contribution in [0.15, 0.2) is 18.3 Å². The average Bonchev–Trinajstić information content (AvgIpc) is 2.77. The molecule has 0 radical (unpaired) electrons. The number of aryl methyl sites for hydroxylation is 1. The van der Waals surface area contributed by atoms with E-state index in [0.29, 0.717) is 5.92 Å². The molecule has 3 rings (SSSR count).